The molecule has 2 unspecified atom stereocenters. The van der Waals surface area contributed by atoms with E-state index in [1.165, 1.54) is 0 Å². The highest BCUT2D eigenvalue weighted by Crippen LogP contribution is 2.21. The Balaban J connectivity index is 2.72. The summed E-state index contributed by atoms with van der Waals surface area (Å²) in [4.78, 5) is 0. The summed E-state index contributed by atoms with van der Waals surface area (Å²) in [6.45, 7) is 8.76. The number of ether oxygens (including phenoxy) is 1. The summed E-state index contributed by atoms with van der Waals surface area (Å²) in [5.74, 6) is 0.0829. The lowest BCUT2D eigenvalue weighted by atomic mass is 10.1. The molecule has 17 heavy (non-hydrogen) atoms. The summed E-state index contributed by atoms with van der Waals surface area (Å²) < 4.78 is 19.5. The average molecular weight is 239 g/mol. The number of rotatable bonds is 6. The minimum absolute atomic E-state index is 0.0451. The fourth-order valence-electron chi connectivity index (χ4n) is 1.90. The van der Waals surface area contributed by atoms with Crippen LogP contribution in [-0.2, 0) is 0 Å². The first-order valence-corrected chi connectivity index (χ1v) is 6.25. The lowest BCUT2D eigenvalue weighted by molar-refractivity contribution is 0.161. The Morgan fingerprint density at radius 3 is 2.65 bits per heavy atom. The zero-order valence-electron chi connectivity index (χ0n) is 11.1. The lowest BCUT2D eigenvalue weighted by Gasteiger charge is -2.24. The molecule has 0 aliphatic heterocycles. The average Bonchev–Trinajstić information content (AvgIpc) is 2.31. The van der Waals surface area contributed by atoms with Crippen molar-refractivity contribution in [2.45, 2.75) is 46.3 Å². The monoisotopic (exact) mass is 239 g/mol. The Hall–Kier alpha value is -1.09. The van der Waals surface area contributed by atoms with Gasteiger partial charge in [0.05, 0.1) is 0 Å². The van der Waals surface area contributed by atoms with Crippen LogP contribution in [0.3, 0.4) is 0 Å². The molecular formula is C14H22FNO. The molecule has 1 aromatic carbocycles. The van der Waals surface area contributed by atoms with Crippen LogP contribution in [0.1, 0.15) is 32.8 Å². The summed E-state index contributed by atoms with van der Waals surface area (Å²) in [5, 5.41) is 3.34. The van der Waals surface area contributed by atoms with Gasteiger partial charge < -0.3 is 10.1 Å². The Morgan fingerprint density at radius 2 is 2.06 bits per heavy atom. The first kappa shape index (κ1) is 14.0. The molecule has 1 rings (SSSR count). The van der Waals surface area contributed by atoms with Crippen molar-refractivity contribution in [3.8, 4) is 5.75 Å². The van der Waals surface area contributed by atoms with Crippen molar-refractivity contribution < 1.29 is 9.13 Å². The number of hydrogen-bond donors (Lipinski definition) is 1. The van der Waals surface area contributed by atoms with E-state index in [2.05, 4.69) is 19.2 Å². The van der Waals surface area contributed by atoms with E-state index in [-0.39, 0.29) is 18.0 Å². The zero-order chi connectivity index (χ0) is 12.8. The van der Waals surface area contributed by atoms with Gasteiger partial charge in [0.15, 0.2) is 11.6 Å². The number of hydrogen-bond acceptors (Lipinski definition) is 2. The standard InChI is InChI=1S/C14H22FNO/c1-5-12(16-6-2)11(4)17-13-9-7-8-10(3)14(13)15/h7-9,11-12,16H,5-6H2,1-4H3. The first-order valence-electron chi connectivity index (χ1n) is 6.25. The molecule has 0 aromatic heterocycles. The highest BCUT2D eigenvalue weighted by Gasteiger charge is 2.17. The second kappa shape index (κ2) is 6.60. The summed E-state index contributed by atoms with van der Waals surface area (Å²) in [6, 6.07) is 5.49. The first-order chi connectivity index (χ1) is 8.10. The predicted octanol–water partition coefficient (Wildman–Crippen LogP) is 3.29. The Bertz CT molecular complexity index is 354. The molecule has 0 aliphatic rings. The smallest absolute Gasteiger partial charge is 0.167 e. The summed E-state index contributed by atoms with van der Waals surface area (Å²) >= 11 is 0. The quantitative estimate of drug-likeness (QED) is 0.822. The molecule has 0 aliphatic carbocycles. The molecule has 0 fully saturated rings. The molecule has 3 heteroatoms. The van der Waals surface area contributed by atoms with Crippen LogP contribution in [0.15, 0.2) is 18.2 Å². The molecule has 0 amide bonds. The van der Waals surface area contributed by atoms with Crippen LogP contribution in [0, 0.1) is 12.7 Å². The van der Waals surface area contributed by atoms with Gasteiger partial charge in [0.1, 0.15) is 6.10 Å². The van der Waals surface area contributed by atoms with Crippen LogP contribution >= 0.6 is 0 Å². The van der Waals surface area contributed by atoms with Gasteiger partial charge in [-0.05, 0) is 38.4 Å². The van der Waals surface area contributed by atoms with Gasteiger partial charge in [0.2, 0.25) is 0 Å². The largest absolute Gasteiger partial charge is 0.486 e. The minimum Gasteiger partial charge on any atom is -0.486 e. The van der Waals surface area contributed by atoms with Crippen molar-refractivity contribution in [3.05, 3.63) is 29.6 Å². The van der Waals surface area contributed by atoms with Crippen LogP contribution in [0.4, 0.5) is 4.39 Å². The van der Waals surface area contributed by atoms with Gasteiger partial charge in [0.25, 0.3) is 0 Å². The van der Waals surface area contributed by atoms with Crippen LogP contribution in [-0.4, -0.2) is 18.7 Å². The molecule has 0 saturated carbocycles. The van der Waals surface area contributed by atoms with Gasteiger partial charge in [-0.25, -0.2) is 4.39 Å². The van der Waals surface area contributed by atoms with Crippen LogP contribution in [0.2, 0.25) is 0 Å². The van der Waals surface area contributed by atoms with Crippen LogP contribution in [0.25, 0.3) is 0 Å². The Labute approximate surface area is 103 Å². The highest BCUT2D eigenvalue weighted by atomic mass is 19.1. The fraction of sp³-hybridized carbons (Fsp3) is 0.571. The molecular weight excluding hydrogens is 217 g/mol. The Morgan fingerprint density at radius 1 is 1.35 bits per heavy atom. The molecule has 0 heterocycles. The third-order valence-electron chi connectivity index (χ3n) is 2.94. The molecule has 0 radical (unpaired) electrons. The molecule has 2 nitrogen and oxygen atoms in total. The number of benzene rings is 1. The van der Waals surface area contributed by atoms with E-state index in [4.69, 9.17) is 4.74 Å². The maximum absolute atomic E-state index is 13.8. The van der Waals surface area contributed by atoms with Gasteiger partial charge >= 0.3 is 0 Å². The van der Waals surface area contributed by atoms with Crippen molar-refractivity contribution in [1.82, 2.24) is 5.32 Å². The Kier molecular flexibility index (Phi) is 5.42. The highest BCUT2D eigenvalue weighted by molar-refractivity contribution is 5.30. The molecule has 1 aromatic rings. The number of halogens is 1. The van der Waals surface area contributed by atoms with Crippen LogP contribution in [0.5, 0.6) is 5.75 Å². The van der Waals surface area contributed by atoms with Crippen molar-refractivity contribution in [2.75, 3.05) is 6.54 Å². The third kappa shape index (κ3) is 3.70. The van der Waals surface area contributed by atoms with E-state index in [9.17, 15) is 4.39 Å². The zero-order valence-corrected chi connectivity index (χ0v) is 11.1. The van der Waals surface area contributed by atoms with E-state index in [1.54, 1.807) is 19.1 Å². The number of nitrogens with one attached hydrogen (secondary N) is 1. The maximum atomic E-state index is 13.8. The SMILES string of the molecule is CCNC(CC)C(C)Oc1cccc(C)c1F. The topological polar surface area (TPSA) is 21.3 Å². The maximum Gasteiger partial charge on any atom is 0.167 e. The van der Waals surface area contributed by atoms with E-state index in [0.717, 1.165) is 13.0 Å². The van der Waals surface area contributed by atoms with Crippen LogP contribution < -0.4 is 10.1 Å². The summed E-state index contributed by atoms with van der Waals surface area (Å²) in [7, 11) is 0. The molecule has 0 spiro atoms. The molecule has 0 saturated heterocycles. The molecule has 2 atom stereocenters. The molecule has 1 N–H and O–H groups in total. The van der Waals surface area contributed by atoms with Crippen molar-refractivity contribution in [2.24, 2.45) is 0 Å². The van der Waals surface area contributed by atoms with Gasteiger partial charge in [-0.1, -0.05) is 26.0 Å². The van der Waals surface area contributed by atoms with Gasteiger partial charge in [-0.15, -0.1) is 0 Å². The molecule has 96 valence electrons. The predicted molar refractivity (Wildman–Crippen MR) is 69.0 cm³/mol. The fourth-order valence-corrected chi connectivity index (χ4v) is 1.90. The molecule has 0 bridgehead atoms. The van der Waals surface area contributed by atoms with Gasteiger partial charge in [-0.3, -0.25) is 0 Å². The van der Waals surface area contributed by atoms with Crippen molar-refractivity contribution >= 4 is 0 Å². The number of aryl methyl sites for hydroxylation is 1. The third-order valence-corrected chi connectivity index (χ3v) is 2.94. The second-order valence-corrected chi connectivity index (χ2v) is 4.28. The van der Waals surface area contributed by atoms with Gasteiger partial charge in [-0.2, -0.15) is 0 Å². The summed E-state index contributed by atoms with van der Waals surface area (Å²) in [6.07, 6.45) is 0.916. The minimum atomic E-state index is -0.259. The van der Waals surface area contributed by atoms with E-state index in [1.807, 2.05) is 13.0 Å². The van der Waals surface area contributed by atoms with E-state index < -0.39 is 0 Å². The summed E-state index contributed by atoms with van der Waals surface area (Å²) in [5.41, 5.74) is 0.617. The van der Waals surface area contributed by atoms with Crippen molar-refractivity contribution in [1.29, 1.82) is 0 Å². The van der Waals surface area contributed by atoms with Gasteiger partial charge in [0, 0.05) is 6.04 Å². The van der Waals surface area contributed by atoms with E-state index in [0.29, 0.717) is 11.3 Å². The lowest BCUT2D eigenvalue weighted by Crippen LogP contribution is -2.40. The van der Waals surface area contributed by atoms with Crippen molar-refractivity contribution in [3.63, 3.8) is 0 Å². The normalized spacial score (nSPS) is 14.4. The van der Waals surface area contributed by atoms with E-state index >= 15 is 0 Å². The second-order valence-electron chi connectivity index (χ2n) is 4.28. The number of likely N-dealkylation sites (N-methyl/N-ethyl adjacent to an activating group) is 1.